The average molecular weight is 340 g/mol. The van der Waals surface area contributed by atoms with Gasteiger partial charge in [0.1, 0.15) is 0 Å². The molecule has 140 valence electrons. The van der Waals surface area contributed by atoms with Gasteiger partial charge in [0, 0.05) is 20.1 Å². The summed E-state index contributed by atoms with van der Waals surface area (Å²) in [5.41, 5.74) is -0.498. The minimum Gasteiger partial charge on any atom is -0.359 e. The van der Waals surface area contributed by atoms with Crippen LogP contribution in [0.15, 0.2) is 4.99 Å². The van der Waals surface area contributed by atoms with Crippen LogP contribution in [-0.4, -0.2) is 63.1 Å². The molecule has 3 N–H and O–H groups in total. The number of hydrogen-bond donors (Lipinski definition) is 3. The minimum absolute atomic E-state index is 0.0152. The van der Waals surface area contributed by atoms with Gasteiger partial charge in [-0.3, -0.25) is 9.79 Å². The SMILES string of the molecule is CCNC(=NCC(C)(C)C(=O)NC)NCCCN1CCC(C)CC1. The van der Waals surface area contributed by atoms with Crippen LogP contribution >= 0.6 is 0 Å². The number of hydrogen-bond acceptors (Lipinski definition) is 3. The summed E-state index contributed by atoms with van der Waals surface area (Å²) < 4.78 is 0. The Balaban J connectivity index is 2.34. The average Bonchev–Trinajstić information content (AvgIpc) is 2.57. The van der Waals surface area contributed by atoms with Crippen molar-refractivity contribution in [3.63, 3.8) is 0 Å². The second-order valence-electron chi connectivity index (χ2n) is 7.46. The Kier molecular flexibility index (Phi) is 9.11. The summed E-state index contributed by atoms with van der Waals surface area (Å²) in [4.78, 5) is 19.0. The number of carbonyl (C=O) groups excluding carboxylic acids is 1. The van der Waals surface area contributed by atoms with Gasteiger partial charge in [-0.1, -0.05) is 6.92 Å². The molecule has 24 heavy (non-hydrogen) atoms. The molecule has 1 aliphatic heterocycles. The molecule has 0 spiro atoms. The summed E-state index contributed by atoms with van der Waals surface area (Å²) in [6.45, 7) is 14.0. The van der Waals surface area contributed by atoms with Crippen LogP contribution < -0.4 is 16.0 Å². The van der Waals surface area contributed by atoms with Crippen molar-refractivity contribution in [2.45, 2.75) is 47.0 Å². The first-order chi connectivity index (χ1) is 11.4. The van der Waals surface area contributed by atoms with Crippen LogP contribution in [0, 0.1) is 11.3 Å². The summed E-state index contributed by atoms with van der Waals surface area (Å²) in [5, 5.41) is 9.33. The maximum absolute atomic E-state index is 11.8. The van der Waals surface area contributed by atoms with Gasteiger partial charge >= 0.3 is 0 Å². The summed E-state index contributed by atoms with van der Waals surface area (Å²) in [7, 11) is 1.67. The van der Waals surface area contributed by atoms with Crippen LogP contribution in [0.2, 0.25) is 0 Å². The molecular weight excluding hydrogens is 302 g/mol. The van der Waals surface area contributed by atoms with Crippen molar-refractivity contribution in [3.05, 3.63) is 0 Å². The van der Waals surface area contributed by atoms with Crippen LogP contribution in [0.5, 0.6) is 0 Å². The third-order valence-corrected chi connectivity index (χ3v) is 4.64. The van der Waals surface area contributed by atoms with E-state index >= 15 is 0 Å². The van der Waals surface area contributed by atoms with Gasteiger partial charge in [-0.15, -0.1) is 0 Å². The van der Waals surface area contributed by atoms with Gasteiger partial charge in [0.15, 0.2) is 5.96 Å². The molecule has 1 fully saturated rings. The highest BCUT2D eigenvalue weighted by atomic mass is 16.2. The summed E-state index contributed by atoms with van der Waals surface area (Å²) >= 11 is 0. The number of nitrogens with one attached hydrogen (secondary N) is 3. The van der Waals surface area contributed by atoms with Gasteiger partial charge < -0.3 is 20.9 Å². The summed E-state index contributed by atoms with van der Waals surface area (Å²) in [6.07, 6.45) is 3.76. The predicted molar refractivity (Wildman–Crippen MR) is 101 cm³/mol. The van der Waals surface area contributed by atoms with Crippen LogP contribution in [-0.2, 0) is 4.79 Å². The number of piperidine rings is 1. The largest absolute Gasteiger partial charge is 0.359 e. The normalized spacial score (nSPS) is 17.6. The van der Waals surface area contributed by atoms with Gasteiger partial charge in [-0.25, -0.2) is 0 Å². The Hall–Kier alpha value is -1.30. The second-order valence-corrected chi connectivity index (χ2v) is 7.46. The molecule has 0 bridgehead atoms. The molecule has 0 aromatic rings. The molecule has 1 saturated heterocycles. The quantitative estimate of drug-likeness (QED) is 0.356. The van der Waals surface area contributed by atoms with E-state index in [1.165, 1.54) is 25.9 Å². The Morgan fingerprint density at radius 3 is 2.50 bits per heavy atom. The third kappa shape index (κ3) is 7.51. The van der Waals surface area contributed by atoms with E-state index in [2.05, 4.69) is 39.7 Å². The highest BCUT2D eigenvalue weighted by molar-refractivity contribution is 5.83. The molecule has 0 unspecified atom stereocenters. The number of guanidine groups is 1. The van der Waals surface area contributed by atoms with E-state index in [0.717, 1.165) is 37.9 Å². The Labute approximate surface area is 147 Å². The van der Waals surface area contributed by atoms with Gasteiger partial charge in [0.05, 0.1) is 12.0 Å². The monoisotopic (exact) mass is 339 g/mol. The number of amides is 1. The molecule has 1 amide bonds. The molecule has 1 aliphatic rings. The van der Waals surface area contributed by atoms with Gasteiger partial charge in [0.25, 0.3) is 0 Å². The first-order valence-electron chi connectivity index (χ1n) is 9.35. The summed E-state index contributed by atoms with van der Waals surface area (Å²) in [5.74, 6) is 1.69. The van der Waals surface area contributed by atoms with Gasteiger partial charge in [0.2, 0.25) is 5.91 Å². The fourth-order valence-electron chi connectivity index (χ4n) is 2.82. The molecule has 0 aromatic carbocycles. The van der Waals surface area contributed by atoms with Crippen molar-refractivity contribution in [2.24, 2.45) is 16.3 Å². The van der Waals surface area contributed by atoms with E-state index in [1.54, 1.807) is 7.05 Å². The molecule has 6 heteroatoms. The maximum Gasteiger partial charge on any atom is 0.227 e. The Morgan fingerprint density at radius 2 is 1.92 bits per heavy atom. The minimum atomic E-state index is -0.498. The van der Waals surface area contributed by atoms with Crippen LogP contribution in [0.25, 0.3) is 0 Å². The number of carbonyl (C=O) groups is 1. The summed E-state index contributed by atoms with van der Waals surface area (Å²) in [6, 6.07) is 0. The lowest BCUT2D eigenvalue weighted by atomic mass is 9.93. The molecule has 6 nitrogen and oxygen atoms in total. The van der Waals surface area contributed by atoms with E-state index in [1.807, 2.05) is 13.8 Å². The Morgan fingerprint density at radius 1 is 1.25 bits per heavy atom. The van der Waals surface area contributed by atoms with Crippen molar-refractivity contribution in [3.8, 4) is 0 Å². The first-order valence-corrected chi connectivity index (χ1v) is 9.35. The van der Waals surface area contributed by atoms with Crippen molar-refractivity contribution in [1.82, 2.24) is 20.9 Å². The Bertz CT molecular complexity index is 400. The number of rotatable bonds is 8. The first kappa shape index (κ1) is 20.7. The van der Waals surface area contributed by atoms with Crippen LogP contribution in [0.4, 0.5) is 0 Å². The third-order valence-electron chi connectivity index (χ3n) is 4.64. The van der Waals surface area contributed by atoms with E-state index in [9.17, 15) is 4.79 Å². The van der Waals surface area contributed by atoms with Crippen molar-refractivity contribution < 1.29 is 4.79 Å². The van der Waals surface area contributed by atoms with E-state index < -0.39 is 5.41 Å². The topological polar surface area (TPSA) is 68.8 Å². The molecule has 1 rings (SSSR count). The zero-order valence-electron chi connectivity index (χ0n) is 16.2. The smallest absolute Gasteiger partial charge is 0.227 e. The number of aliphatic imine (C=N–C) groups is 1. The standard InChI is InChI=1S/C18H37N5O/c1-6-20-17(22-14-18(3,4)16(24)19-5)21-10-7-11-23-12-8-15(2)9-13-23/h15H,6-14H2,1-5H3,(H,19,24)(H2,20,21,22). The van der Waals surface area contributed by atoms with Crippen molar-refractivity contribution in [2.75, 3.05) is 46.3 Å². The van der Waals surface area contributed by atoms with Gasteiger partial charge in [-0.2, -0.15) is 0 Å². The van der Waals surface area contributed by atoms with Crippen molar-refractivity contribution in [1.29, 1.82) is 0 Å². The van der Waals surface area contributed by atoms with E-state index in [0.29, 0.717) is 6.54 Å². The predicted octanol–water partition coefficient (Wildman–Crippen LogP) is 1.44. The van der Waals surface area contributed by atoms with Crippen LogP contribution in [0.1, 0.15) is 47.0 Å². The number of nitrogens with zero attached hydrogens (tertiary/aromatic N) is 2. The lowest BCUT2D eigenvalue weighted by Gasteiger charge is -2.30. The van der Waals surface area contributed by atoms with Crippen molar-refractivity contribution >= 4 is 11.9 Å². The maximum atomic E-state index is 11.8. The molecule has 0 saturated carbocycles. The van der Waals surface area contributed by atoms with E-state index in [-0.39, 0.29) is 5.91 Å². The van der Waals surface area contributed by atoms with Crippen LogP contribution in [0.3, 0.4) is 0 Å². The van der Waals surface area contributed by atoms with E-state index in [4.69, 9.17) is 0 Å². The lowest BCUT2D eigenvalue weighted by Crippen LogP contribution is -2.42. The fraction of sp³-hybridized carbons (Fsp3) is 0.889. The molecular formula is C18H37N5O. The zero-order chi connectivity index (χ0) is 18.0. The molecule has 1 heterocycles. The molecule has 0 radical (unpaired) electrons. The fourth-order valence-corrected chi connectivity index (χ4v) is 2.82. The highest BCUT2D eigenvalue weighted by Crippen LogP contribution is 2.16. The number of likely N-dealkylation sites (tertiary alicyclic amines) is 1. The molecule has 0 aromatic heterocycles. The second kappa shape index (κ2) is 10.5. The van der Waals surface area contributed by atoms with Gasteiger partial charge in [-0.05, 0) is 65.6 Å². The molecule has 0 atom stereocenters. The lowest BCUT2D eigenvalue weighted by molar-refractivity contribution is -0.128. The molecule has 0 aliphatic carbocycles. The zero-order valence-corrected chi connectivity index (χ0v) is 16.2. The highest BCUT2D eigenvalue weighted by Gasteiger charge is 2.26.